The average Bonchev–Trinajstić information content (AvgIpc) is 3.22. The van der Waals surface area contributed by atoms with Gasteiger partial charge in [-0.3, -0.25) is 4.79 Å². The number of aliphatic hydroxyl groups excluding tert-OH is 2. The van der Waals surface area contributed by atoms with Crippen molar-refractivity contribution in [2.45, 2.75) is 302 Å². The SMILES string of the molecule is CCCCCCCCCCCCCC/C=C\CCCCCCCCCCCCCCCCCC(=O)NC(CO)C(O)/C=C/CCCCCCCCCCCCCC. The second-order valence-corrected chi connectivity index (χ2v) is 17.9. The summed E-state index contributed by atoms with van der Waals surface area (Å²) in [5.74, 6) is -0.0602. The first-order valence-electron chi connectivity index (χ1n) is 26.1. The molecule has 0 aliphatic rings. The Morgan fingerprint density at radius 1 is 0.404 bits per heavy atom. The highest BCUT2D eigenvalue weighted by Crippen LogP contribution is 2.16. The number of amides is 1. The van der Waals surface area contributed by atoms with E-state index in [0.29, 0.717) is 6.42 Å². The predicted octanol–water partition coefficient (Wildman–Crippen LogP) is 16.8. The monoisotopic (exact) mass is 802 g/mol. The van der Waals surface area contributed by atoms with Gasteiger partial charge in [-0.05, 0) is 44.9 Å². The van der Waals surface area contributed by atoms with Crippen LogP contribution < -0.4 is 5.32 Å². The van der Waals surface area contributed by atoms with E-state index in [-0.39, 0.29) is 12.5 Å². The van der Waals surface area contributed by atoms with Crippen molar-refractivity contribution in [3.63, 3.8) is 0 Å². The van der Waals surface area contributed by atoms with Gasteiger partial charge in [-0.2, -0.15) is 0 Å². The molecule has 0 saturated heterocycles. The lowest BCUT2D eigenvalue weighted by Gasteiger charge is -2.20. The van der Waals surface area contributed by atoms with E-state index in [1.165, 1.54) is 244 Å². The van der Waals surface area contributed by atoms with Crippen molar-refractivity contribution in [3.8, 4) is 0 Å². The minimum atomic E-state index is -0.836. The van der Waals surface area contributed by atoms with E-state index in [4.69, 9.17) is 0 Å². The average molecular weight is 802 g/mol. The number of carbonyl (C=O) groups is 1. The van der Waals surface area contributed by atoms with Gasteiger partial charge in [0, 0.05) is 6.42 Å². The number of hydrogen-bond donors (Lipinski definition) is 3. The third-order valence-corrected chi connectivity index (χ3v) is 12.2. The van der Waals surface area contributed by atoms with Crippen LogP contribution in [0.15, 0.2) is 24.3 Å². The van der Waals surface area contributed by atoms with Crippen LogP contribution in [0.2, 0.25) is 0 Å². The number of nitrogens with one attached hydrogen (secondary N) is 1. The van der Waals surface area contributed by atoms with Crippen molar-refractivity contribution >= 4 is 5.91 Å². The van der Waals surface area contributed by atoms with Gasteiger partial charge in [-0.25, -0.2) is 0 Å². The molecule has 1 amide bonds. The fourth-order valence-corrected chi connectivity index (χ4v) is 8.18. The van der Waals surface area contributed by atoms with E-state index >= 15 is 0 Å². The van der Waals surface area contributed by atoms with Crippen LogP contribution in [0.3, 0.4) is 0 Å². The molecule has 2 atom stereocenters. The molecule has 4 nitrogen and oxygen atoms in total. The molecule has 0 fully saturated rings. The maximum Gasteiger partial charge on any atom is 0.220 e. The highest BCUT2D eigenvalue weighted by molar-refractivity contribution is 5.76. The predicted molar refractivity (Wildman–Crippen MR) is 253 cm³/mol. The molecule has 2 unspecified atom stereocenters. The maximum atomic E-state index is 12.4. The Labute approximate surface area is 358 Å². The molecule has 0 heterocycles. The Morgan fingerprint density at radius 3 is 0.965 bits per heavy atom. The number of hydrogen-bond acceptors (Lipinski definition) is 3. The van der Waals surface area contributed by atoms with Crippen LogP contribution in [0.5, 0.6) is 0 Å². The van der Waals surface area contributed by atoms with Crippen LogP contribution in [0, 0.1) is 0 Å². The Balaban J connectivity index is 3.43. The Morgan fingerprint density at radius 2 is 0.667 bits per heavy atom. The van der Waals surface area contributed by atoms with Crippen LogP contribution >= 0.6 is 0 Å². The van der Waals surface area contributed by atoms with E-state index in [1.807, 2.05) is 6.08 Å². The lowest BCUT2D eigenvalue weighted by Crippen LogP contribution is -2.45. The molecule has 0 rings (SSSR count). The van der Waals surface area contributed by atoms with Gasteiger partial charge in [-0.15, -0.1) is 0 Å². The minimum absolute atomic E-state index is 0.0602. The number of allylic oxidation sites excluding steroid dienone is 3. The van der Waals surface area contributed by atoms with E-state index in [9.17, 15) is 15.0 Å². The molecular formula is C53H103NO3. The van der Waals surface area contributed by atoms with Gasteiger partial charge >= 0.3 is 0 Å². The molecule has 4 heteroatoms. The largest absolute Gasteiger partial charge is 0.394 e. The molecule has 0 spiro atoms. The molecule has 0 aromatic heterocycles. The van der Waals surface area contributed by atoms with Crippen LogP contribution in [0.4, 0.5) is 0 Å². The van der Waals surface area contributed by atoms with Gasteiger partial charge in [-0.1, -0.05) is 263 Å². The van der Waals surface area contributed by atoms with Crippen LogP contribution in [0.25, 0.3) is 0 Å². The molecule has 0 bridgehead atoms. The molecule has 0 aromatic rings. The molecule has 0 radical (unpaired) electrons. The van der Waals surface area contributed by atoms with Crippen LogP contribution in [-0.4, -0.2) is 34.9 Å². The standard InChI is InChI=1S/C53H103NO3/c1-3-5-7-9-11-13-15-17-19-20-21-22-23-24-25-26-27-28-29-30-31-32-33-34-35-37-39-41-43-45-47-49-53(57)54-51(50-55)52(56)48-46-44-42-40-38-36-18-16-14-12-10-8-6-4-2/h24-25,46,48,51-52,55-56H,3-23,26-45,47,49-50H2,1-2H3,(H,54,57)/b25-24-,48-46+. The molecule has 0 aliphatic carbocycles. The van der Waals surface area contributed by atoms with Crippen molar-refractivity contribution < 1.29 is 15.0 Å². The number of aliphatic hydroxyl groups is 2. The van der Waals surface area contributed by atoms with Gasteiger partial charge in [0.05, 0.1) is 18.8 Å². The number of unbranched alkanes of at least 4 members (excludes halogenated alkanes) is 39. The first-order valence-corrected chi connectivity index (χ1v) is 26.1. The quantitative estimate of drug-likeness (QED) is 0.0424. The highest BCUT2D eigenvalue weighted by atomic mass is 16.3. The second-order valence-electron chi connectivity index (χ2n) is 17.9. The summed E-state index contributed by atoms with van der Waals surface area (Å²) in [6.07, 6.45) is 64.7. The summed E-state index contributed by atoms with van der Waals surface area (Å²) in [4.78, 5) is 12.4. The fourth-order valence-electron chi connectivity index (χ4n) is 8.18. The van der Waals surface area contributed by atoms with E-state index < -0.39 is 12.1 Å². The molecule has 0 aliphatic heterocycles. The Kier molecular flexibility index (Phi) is 48.3. The summed E-state index contributed by atoms with van der Waals surface area (Å²) >= 11 is 0. The molecule has 3 N–H and O–H groups in total. The zero-order valence-corrected chi connectivity index (χ0v) is 38.9. The summed E-state index contributed by atoms with van der Waals surface area (Å²) in [6.45, 7) is 4.33. The summed E-state index contributed by atoms with van der Waals surface area (Å²) in [5, 5.41) is 23.1. The van der Waals surface area contributed by atoms with E-state index in [1.54, 1.807) is 6.08 Å². The van der Waals surface area contributed by atoms with Crippen LogP contribution in [0.1, 0.15) is 290 Å². The zero-order chi connectivity index (χ0) is 41.4. The summed E-state index contributed by atoms with van der Waals surface area (Å²) < 4.78 is 0. The highest BCUT2D eigenvalue weighted by Gasteiger charge is 2.18. The summed E-state index contributed by atoms with van der Waals surface area (Å²) in [5.41, 5.74) is 0. The second kappa shape index (κ2) is 49.2. The van der Waals surface area contributed by atoms with Crippen molar-refractivity contribution in [1.82, 2.24) is 5.32 Å². The lowest BCUT2D eigenvalue weighted by atomic mass is 10.0. The smallest absolute Gasteiger partial charge is 0.220 e. The molecule has 0 saturated carbocycles. The normalized spacial score (nSPS) is 13.0. The van der Waals surface area contributed by atoms with Crippen molar-refractivity contribution in [3.05, 3.63) is 24.3 Å². The molecular weight excluding hydrogens is 699 g/mol. The summed E-state index contributed by atoms with van der Waals surface area (Å²) in [7, 11) is 0. The van der Waals surface area contributed by atoms with Gasteiger partial charge in [0.15, 0.2) is 0 Å². The van der Waals surface area contributed by atoms with Crippen molar-refractivity contribution in [2.24, 2.45) is 0 Å². The Bertz CT molecular complexity index is 825. The lowest BCUT2D eigenvalue weighted by molar-refractivity contribution is -0.123. The maximum absolute atomic E-state index is 12.4. The molecule has 57 heavy (non-hydrogen) atoms. The molecule has 338 valence electrons. The fraction of sp³-hybridized carbons (Fsp3) is 0.906. The van der Waals surface area contributed by atoms with E-state index in [2.05, 4.69) is 31.3 Å². The topological polar surface area (TPSA) is 69.6 Å². The first-order chi connectivity index (χ1) is 28.2. The van der Waals surface area contributed by atoms with Crippen molar-refractivity contribution in [2.75, 3.05) is 6.61 Å². The minimum Gasteiger partial charge on any atom is -0.394 e. The number of rotatable bonds is 48. The van der Waals surface area contributed by atoms with Gasteiger partial charge in [0.2, 0.25) is 5.91 Å². The van der Waals surface area contributed by atoms with Crippen molar-refractivity contribution in [1.29, 1.82) is 0 Å². The van der Waals surface area contributed by atoms with E-state index in [0.717, 1.165) is 25.7 Å². The van der Waals surface area contributed by atoms with Crippen LogP contribution in [-0.2, 0) is 4.79 Å². The Hall–Kier alpha value is -1.13. The number of carbonyl (C=O) groups excluding carboxylic acids is 1. The zero-order valence-electron chi connectivity index (χ0n) is 38.9. The summed E-state index contributed by atoms with van der Waals surface area (Å²) in [6, 6.07) is -0.619. The third kappa shape index (κ3) is 45.8. The first kappa shape index (κ1) is 55.9. The van der Waals surface area contributed by atoms with Gasteiger partial charge in [0.1, 0.15) is 0 Å². The van der Waals surface area contributed by atoms with Gasteiger partial charge in [0.25, 0.3) is 0 Å². The third-order valence-electron chi connectivity index (χ3n) is 12.2. The molecule has 0 aromatic carbocycles. The van der Waals surface area contributed by atoms with Gasteiger partial charge < -0.3 is 15.5 Å².